The van der Waals surface area contributed by atoms with Crippen LogP contribution in [0.5, 0.6) is 5.75 Å². The van der Waals surface area contributed by atoms with E-state index in [4.69, 9.17) is 4.74 Å². The lowest BCUT2D eigenvalue weighted by atomic mass is 10.1. The summed E-state index contributed by atoms with van der Waals surface area (Å²) in [7, 11) is 1.62. The fourth-order valence-electron chi connectivity index (χ4n) is 2.83. The highest BCUT2D eigenvalue weighted by atomic mass is 16.5. The molecule has 4 nitrogen and oxygen atoms in total. The second-order valence-corrected chi connectivity index (χ2v) is 5.52. The zero-order valence-corrected chi connectivity index (χ0v) is 13.5. The van der Waals surface area contributed by atoms with E-state index < -0.39 is 5.97 Å². The molecule has 0 aliphatic heterocycles. The number of rotatable bonds is 5. The molecule has 0 radical (unpaired) electrons. The fraction of sp³-hybridized carbons (Fsp3) is 0.150. The minimum atomic E-state index is -0.859. The number of nitrogens with zero attached hydrogens (tertiary/aromatic N) is 1. The third kappa shape index (κ3) is 3.33. The Kier molecular flexibility index (Phi) is 4.66. The highest BCUT2D eigenvalue weighted by Gasteiger charge is 2.15. The second-order valence-electron chi connectivity index (χ2n) is 5.52. The fourth-order valence-corrected chi connectivity index (χ4v) is 2.83. The van der Waals surface area contributed by atoms with E-state index in [-0.39, 0.29) is 6.54 Å². The largest absolute Gasteiger partial charge is 0.497 e. The summed E-state index contributed by atoms with van der Waals surface area (Å²) in [5, 5.41) is 9.33. The van der Waals surface area contributed by atoms with Gasteiger partial charge >= 0.3 is 5.97 Å². The van der Waals surface area contributed by atoms with E-state index in [1.54, 1.807) is 7.11 Å². The number of aromatic nitrogens is 1. The SMILES string of the molecule is COc1ccc(-c2ccc(C3=CC=CC=CC3)n2CC(=O)O)cc1. The summed E-state index contributed by atoms with van der Waals surface area (Å²) < 4.78 is 7.04. The van der Waals surface area contributed by atoms with Crippen LogP contribution in [0, 0.1) is 0 Å². The maximum atomic E-state index is 11.4. The van der Waals surface area contributed by atoms with Crippen LogP contribution in [0.25, 0.3) is 16.8 Å². The molecule has 0 amide bonds. The Morgan fingerprint density at radius 1 is 1.08 bits per heavy atom. The van der Waals surface area contributed by atoms with Crippen molar-refractivity contribution >= 4 is 11.5 Å². The van der Waals surface area contributed by atoms with Gasteiger partial charge in [-0.3, -0.25) is 4.79 Å². The molecular weight excluding hydrogens is 302 g/mol. The first-order valence-electron chi connectivity index (χ1n) is 7.77. The maximum absolute atomic E-state index is 11.4. The van der Waals surface area contributed by atoms with Gasteiger partial charge < -0.3 is 14.4 Å². The van der Waals surface area contributed by atoms with Crippen molar-refractivity contribution in [2.45, 2.75) is 13.0 Å². The summed E-state index contributed by atoms with van der Waals surface area (Å²) in [6, 6.07) is 11.6. The summed E-state index contributed by atoms with van der Waals surface area (Å²) in [6.45, 7) is -0.0749. The molecule has 2 aromatic rings. The van der Waals surface area contributed by atoms with Gasteiger partial charge in [0, 0.05) is 11.4 Å². The molecule has 122 valence electrons. The van der Waals surface area contributed by atoms with Crippen molar-refractivity contribution in [2.75, 3.05) is 7.11 Å². The first-order chi connectivity index (χ1) is 11.7. The Labute approximate surface area is 141 Å². The van der Waals surface area contributed by atoms with Gasteiger partial charge in [-0.05, 0) is 54.0 Å². The Balaban J connectivity index is 2.06. The van der Waals surface area contributed by atoms with Crippen molar-refractivity contribution in [3.8, 4) is 17.0 Å². The summed E-state index contributed by atoms with van der Waals surface area (Å²) >= 11 is 0. The molecule has 1 aliphatic carbocycles. The number of carboxylic acids is 1. The molecule has 0 unspecified atom stereocenters. The number of carbonyl (C=O) groups is 1. The Morgan fingerprint density at radius 3 is 2.54 bits per heavy atom. The van der Waals surface area contributed by atoms with E-state index >= 15 is 0 Å². The maximum Gasteiger partial charge on any atom is 0.323 e. The van der Waals surface area contributed by atoms with Gasteiger partial charge in [0.2, 0.25) is 0 Å². The lowest BCUT2D eigenvalue weighted by molar-refractivity contribution is -0.137. The number of allylic oxidation sites excluding steroid dienone is 6. The normalized spacial score (nSPS) is 13.5. The van der Waals surface area contributed by atoms with Crippen molar-refractivity contribution < 1.29 is 14.6 Å². The Bertz CT molecular complexity index is 823. The molecule has 0 spiro atoms. The van der Waals surface area contributed by atoms with Crippen LogP contribution < -0.4 is 4.74 Å². The lowest BCUT2D eigenvalue weighted by Gasteiger charge is -2.13. The minimum Gasteiger partial charge on any atom is -0.497 e. The van der Waals surface area contributed by atoms with Gasteiger partial charge in [-0.1, -0.05) is 30.4 Å². The number of ether oxygens (including phenoxy) is 1. The van der Waals surface area contributed by atoms with E-state index in [1.165, 1.54) is 0 Å². The van der Waals surface area contributed by atoms with Crippen LogP contribution in [0.3, 0.4) is 0 Å². The molecule has 3 rings (SSSR count). The minimum absolute atomic E-state index is 0.0749. The first-order valence-corrected chi connectivity index (χ1v) is 7.77. The third-order valence-electron chi connectivity index (χ3n) is 3.98. The molecular formula is C20H19NO3. The zero-order valence-electron chi connectivity index (χ0n) is 13.5. The van der Waals surface area contributed by atoms with Gasteiger partial charge in [0.25, 0.3) is 0 Å². The van der Waals surface area contributed by atoms with Gasteiger partial charge in [-0.15, -0.1) is 0 Å². The van der Waals surface area contributed by atoms with Gasteiger partial charge in [0.15, 0.2) is 0 Å². The van der Waals surface area contributed by atoms with E-state index in [0.717, 1.165) is 34.7 Å². The quantitative estimate of drug-likeness (QED) is 0.900. The summed E-state index contributed by atoms with van der Waals surface area (Å²) in [4.78, 5) is 11.4. The van der Waals surface area contributed by atoms with Crippen LogP contribution in [0.15, 0.2) is 66.8 Å². The molecule has 1 aromatic carbocycles. The predicted molar refractivity (Wildman–Crippen MR) is 94.9 cm³/mol. The summed E-state index contributed by atoms with van der Waals surface area (Å²) in [5.41, 5.74) is 3.87. The average molecular weight is 321 g/mol. The molecule has 1 heterocycles. The van der Waals surface area contributed by atoms with Crippen molar-refractivity contribution in [2.24, 2.45) is 0 Å². The average Bonchev–Trinajstić information content (AvgIpc) is 2.81. The van der Waals surface area contributed by atoms with Crippen molar-refractivity contribution in [1.82, 2.24) is 4.57 Å². The molecule has 1 aromatic heterocycles. The van der Waals surface area contributed by atoms with Gasteiger partial charge in [0.1, 0.15) is 12.3 Å². The topological polar surface area (TPSA) is 51.5 Å². The van der Waals surface area contributed by atoms with Gasteiger partial charge in [-0.25, -0.2) is 0 Å². The summed E-state index contributed by atoms with van der Waals surface area (Å²) in [6.07, 6.45) is 10.8. The monoisotopic (exact) mass is 321 g/mol. The molecule has 0 saturated heterocycles. The number of methoxy groups -OCH3 is 1. The molecule has 0 atom stereocenters. The molecule has 1 aliphatic rings. The van der Waals surface area contributed by atoms with Crippen LogP contribution in [0.1, 0.15) is 12.1 Å². The van der Waals surface area contributed by atoms with Crippen molar-refractivity contribution in [3.05, 3.63) is 72.5 Å². The summed E-state index contributed by atoms with van der Waals surface area (Å²) in [5.74, 6) is -0.0837. The van der Waals surface area contributed by atoms with Gasteiger partial charge in [0.05, 0.1) is 7.11 Å². The van der Waals surface area contributed by atoms with Crippen LogP contribution in [0.2, 0.25) is 0 Å². The number of aliphatic carboxylic acids is 1. The first kappa shape index (κ1) is 15.9. The molecule has 24 heavy (non-hydrogen) atoms. The zero-order chi connectivity index (χ0) is 16.9. The lowest BCUT2D eigenvalue weighted by Crippen LogP contribution is -2.12. The Morgan fingerprint density at radius 2 is 1.83 bits per heavy atom. The highest BCUT2D eigenvalue weighted by Crippen LogP contribution is 2.30. The highest BCUT2D eigenvalue weighted by molar-refractivity contribution is 5.75. The predicted octanol–water partition coefficient (Wildman–Crippen LogP) is 4.15. The van der Waals surface area contributed by atoms with Crippen LogP contribution in [-0.2, 0) is 11.3 Å². The van der Waals surface area contributed by atoms with Crippen molar-refractivity contribution in [1.29, 1.82) is 0 Å². The molecule has 0 saturated carbocycles. The van der Waals surface area contributed by atoms with Crippen LogP contribution in [0.4, 0.5) is 0 Å². The molecule has 0 fully saturated rings. The van der Waals surface area contributed by atoms with Crippen molar-refractivity contribution in [3.63, 3.8) is 0 Å². The van der Waals surface area contributed by atoms with E-state index in [2.05, 4.69) is 6.08 Å². The molecule has 1 N–H and O–H groups in total. The van der Waals surface area contributed by atoms with E-state index in [0.29, 0.717) is 0 Å². The second kappa shape index (κ2) is 7.04. The Hall–Kier alpha value is -3.01. The molecule has 0 bridgehead atoms. The smallest absolute Gasteiger partial charge is 0.323 e. The number of hydrogen-bond acceptors (Lipinski definition) is 2. The van der Waals surface area contributed by atoms with E-state index in [9.17, 15) is 9.90 Å². The van der Waals surface area contributed by atoms with Gasteiger partial charge in [-0.2, -0.15) is 0 Å². The number of carboxylic acid groups (broad SMARTS) is 1. The number of benzene rings is 1. The third-order valence-corrected chi connectivity index (χ3v) is 3.98. The standard InChI is InChI=1S/C20H19NO3/c1-24-17-10-8-16(9-11-17)19-13-12-18(21(19)14-20(22)23)15-6-4-2-3-5-7-15/h2-6,8-13H,7,14H2,1H3,(H,22,23). The number of hydrogen-bond donors (Lipinski definition) is 1. The molecule has 4 heteroatoms. The van der Waals surface area contributed by atoms with Crippen LogP contribution >= 0.6 is 0 Å². The van der Waals surface area contributed by atoms with Crippen LogP contribution in [-0.4, -0.2) is 22.8 Å². The van der Waals surface area contributed by atoms with E-state index in [1.807, 2.05) is 65.3 Å².